The third kappa shape index (κ3) is 0.748. The maximum Gasteiger partial charge on any atom is 0.213 e. The minimum atomic E-state index is -0.958. The van der Waals surface area contributed by atoms with Crippen LogP contribution in [-0.4, -0.2) is 31.2 Å². The predicted octanol–water partition coefficient (Wildman–Crippen LogP) is -0.648. The van der Waals surface area contributed by atoms with E-state index < -0.39 is 5.79 Å². The van der Waals surface area contributed by atoms with Gasteiger partial charge in [-0.15, -0.1) is 0 Å². The zero-order valence-electron chi connectivity index (χ0n) is 4.18. The van der Waals surface area contributed by atoms with Crippen molar-refractivity contribution >= 4 is 0 Å². The number of aliphatic hydroxyl groups is 1. The maximum atomic E-state index is 8.87. The number of hydrogen-bond donors (Lipinski definition) is 1. The molecule has 1 aliphatic heterocycles. The Morgan fingerprint density at radius 3 is 2.29 bits per heavy atom. The van der Waals surface area contributed by atoms with Crippen LogP contribution in [0, 0.1) is 0 Å². The van der Waals surface area contributed by atoms with Gasteiger partial charge in [0, 0.05) is 7.11 Å². The molecule has 1 aliphatic rings. The average molecular weight is 104 g/mol. The molecule has 0 atom stereocenters. The quantitative estimate of drug-likeness (QED) is 0.449. The fourth-order valence-electron chi connectivity index (χ4n) is 0.395. The zero-order valence-corrected chi connectivity index (χ0v) is 4.18. The highest BCUT2D eigenvalue weighted by Gasteiger charge is 2.35. The number of hydrogen-bond acceptors (Lipinski definition) is 3. The highest BCUT2D eigenvalue weighted by Crippen LogP contribution is 2.15. The van der Waals surface area contributed by atoms with Crippen molar-refractivity contribution in [3.05, 3.63) is 0 Å². The van der Waals surface area contributed by atoms with Gasteiger partial charge < -0.3 is 14.6 Å². The molecule has 0 amide bonds. The summed E-state index contributed by atoms with van der Waals surface area (Å²) in [6, 6.07) is 0. The molecule has 1 rings (SSSR count). The van der Waals surface area contributed by atoms with Crippen LogP contribution in [0.15, 0.2) is 0 Å². The molecule has 0 spiro atoms. The van der Waals surface area contributed by atoms with Crippen LogP contribution in [0.25, 0.3) is 0 Å². The standard InChI is InChI=1S/C4H8O3/c1-6-4(5)2-7-3-4/h5H,2-3H2,1H3. The van der Waals surface area contributed by atoms with E-state index in [1.807, 2.05) is 0 Å². The molecule has 42 valence electrons. The van der Waals surface area contributed by atoms with Crippen LogP contribution >= 0.6 is 0 Å². The molecule has 0 unspecified atom stereocenters. The normalized spacial score (nSPS) is 26.6. The van der Waals surface area contributed by atoms with Crippen molar-refractivity contribution in [2.24, 2.45) is 0 Å². The molecule has 0 aliphatic carbocycles. The van der Waals surface area contributed by atoms with Crippen LogP contribution in [0.4, 0.5) is 0 Å². The van der Waals surface area contributed by atoms with Crippen LogP contribution in [0.1, 0.15) is 0 Å². The van der Waals surface area contributed by atoms with Gasteiger partial charge in [-0.25, -0.2) is 0 Å². The zero-order chi connectivity index (χ0) is 5.33. The van der Waals surface area contributed by atoms with Gasteiger partial charge in [0.2, 0.25) is 5.79 Å². The summed E-state index contributed by atoms with van der Waals surface area (Å²) in [6.45, 7) is 0.618. The molecule has 0 saturated carbocycles. The van der Waals surface area contributed by atoms with Crippen molar-refractivity contribution < 1.29 is 14.6 Å². The van der Waals surface area contributed by atoms with E-state index in [4.69, 9.17) is 5.11 Å². The van der Waals surface area contributed by atoms with Crippen molar-refractivity contribution in [3.8, 4) is 0 Å². The third-order valence-electron chi connectivity index (χ3n) is 1.04. The van der Waals surface area contributed by atoms with Crippen molar-refractivity contribution in [2.45, 2.75) is 5.79 Å². The van der Waals surface area contributed by atoms with E-state index in [0.717, 1.165) is 0 Å². The van der Waals surface area contributed by atoms with E-state index in [1.54, 1.807) is 0 Å². The molecule has 0 aromatic heterocycles. The van der Waals surface area contributed by atoms with E-state index in [-0.39, 0.29) is 0 Å². The lowest BCUT2D eigenvalue weighted by Crippen LogP contribution is -2.50. The van der Waals surface area contributed by atoms with Gasteiger partial charge in [0.25, 0.3) is 0 Å². The van der Waals surface area contributed by atoms with E-state index in [0.29, 0.717) is 13.2 Å². The molecule has 0 aromatic carbocycles. The second-order valence-electron chi connectivity index (χ2n) is 1.64. The molecule has 0 bridgehead atoms. The Morgan fingerprint density at radius 1 is 1.71 bits per heavy atom. The van der Waals surface area contributed by atoms with Gasteiger partial charge in [-0.2, -0.15) is 0 Å². The SMILES string of the molecule is COC1(O)COC1. The topological polar surface area (TPSA) is 38.7 Å². The highest BCUT2D eigenvalue weighted by atomic mass is 16.7. The Balaban J connectivity index is 2.29. The van der Waals surface area contributed by atoms with Crippen LogP contribution in [0.5, 0.6) is 0 Å². The van der Waals surface area contributed by atoms with Gasteiger partial charge in [-0.3, -0.25) is 0 Å². The minimum absolute atomic E-state index is 0.309. The third-order valence-corrected chi connectivity index (χ3v) is 1.04. The Morgan fingerprint density at radius 2 is 2.29 bits per heavy atom. The second-order valence-corrected chi connectivity index (χ2v) is 1.64. The fourth-order valence-corrected chi connectivity index (χ4v) is 0.395. The molecule has 1 heterocycles. The Hall–Kier alpha value is -0.120. The van der Waals surface area contributed by atoms with E-state index in [2.05, 4.69) is 9.47 Å². The van der Waals surface area contributed by atoms with Crippen LogP contribution in [0.2, 0.25) is 0 Å². The molecule has 7 heavy (non-hydrogen) atoms. The first kappa shape index (κ1) is 5.03. The van der Waals surface area contributed by atoms with Crippen molar-refractivity contribution in [1.29, 1.82) is 0 Å². The Bertz CT molecular complexity index is 61.8. The summed E-state index contributed by atoms with van der Waals surface area (Å²) in [6.07, 6.45) is 0. The molecular formula is C4H8O3. The summed E-state index contributed by atoms with van der Waals surface area (Å²) >= 11 is 0. The highest BCUT2D eigenvalue weighted by molar-refractivity contribution is 4.72. The van der Waals surface area contributed by atoms with E-state index >= 15 is 0 Å². The molecular weight excluding hydrogens is 96.0 g/mol. The minimum Gasteiger partial charge on any atom is -0.370 e. The number of methoxy groups -OCH3 is 1. The second kappa shape index (κ2) is 1.43. The van der Waals surface area contributed by atoms with Gasteiger partial charge in [-0.05, 0) is 0 Å². The lowest BCUT2D eigenvalue weighted by molar-refractivity contribution is -0.310. The van der Waals surface area contributed by atoms with Crippen LogP contribution < -0.4 is 0 Å². The predicted molar refractivity (Wildman–Crippen MR) is 22.8 cm³/mol. The smallest absolute Gasteiger partial charge is 0.213 e. The molecule has 1 saturated heterocycles. The number of ether oxygens (including phenoxy) is 2. The Labute approximate surface area is 41.8 Å². The van der Waals surface area contributed by atoms with Gasteiger partial charge in [0.1, 0.15) is 13.2 Å². The molecule has 0 aromatic rings. The summed E-state index contributed by atoms with van der Waals surface area (Å²) in [5.41, 5.74) is 0. The van der Waals surface area contributed by atoms with Crippen molar-refractivity contribution in [1.82, 2.24) is 0 Å². The van der Waals surface area contributed by atoms with Gasteiger partial charge in [0.05, 0.1) is 0 Å². The van der Waals surface area contributed by atoms with Crippen molar-refractivity contribution in [2.75, 3.05) is 20.3 Å². The molecule has 0 radical (unpaired) electrons. The lowest BCUT2D eigenvalue weighted by Gasteiger charge is -2.34. The number of rotatable bonds is 1. The Kier molecular flexibility index (Phi) is 1.03. The summed E-state index contributed by atoms with van der Waals surface area (Å²) < 4.78 is 9.26. The van der Waals surface area contributed by atoms with Crippen molar-refractivity contribution in [3.63, 3.8) is 0 Å². The monoisotopic (exact) mass is 104 g/mol. The van der Waals surface area contributed by atoms with E-state index in [1.165, 1.54) is 7.11 Å². The maximum absolute atomic E-state index is 8.87. The first-order chi connectivity index (χ1) is 3.27. The first-order valence-corrected chi connectivity index (χ1v) is 2.12. The summed E-state index contributed by atoms with van der Waals surface area (Å²) in [5.74, 6) is -0.958. The molecule has 3 heteroatoms. The molecule has 1 fully saturated rings. The van der Waals surface area contributed by atoms with E-state index in [9.17, 15) is 0 Å². The first-order valence-electron chi connectivity index (χ1n) is 2.12. The van der Waals surface area contributed by atoms with Crippen LogP contribution in [0.3, 0.4) is 0 Å². The summed E-state index contributed by atoms with van der Waals surface area (Å²) in [4.78, 5) is 0. The van der Waals surface area contributed by atoms with Gasteiger partial charge in [-0.1, -0.05) is 0 Å². The fraction of sp³-hybridized carbons (Fsp3) is 1.00. The molecule has 1 N–H and O–H groups in total. The largest absolute Gasteiger partial charge is 0.370 e. The summed E-state index contributed by atoms with van der Waals surface area (Å²) in [7, 11) is 1.46. The van der Waals surface area contributed by atoms with Gasteiger partial charge in [0.15, 0.2) is 0 Å². The van der Waals surface area contributed by atoms with Gasteiger partial charge >= 0.3 is 0 Å². The average Bonchev–Trinajstić information content (AvgIpc) is 1.61. The lowest BCUT2D eigenvalue weighted by atomic mass is 10.2. The summed E-state index contributed by atoms with van der Waals surface area (Å²) in [5, 5.41) is 8.87. The molecule has 3 nitrogen and oxygen atoms in total. The van der Waals surface area contributed by atoms with Crippen LogP contribution in [-0.2, 0) is 9.47 Å².